The third kappa shape index (κ3) is 7.69. The molecule has 0 bridgehead atoms. The van der Waals surface area contributed by atoms with Gasteiger partial charge in [0, 0.05) is 6.61 Å². The Morgan fingerprint density at radius 1 is 1.41 bits per heavy atom. The average molecular weight is 241 g/mol. The summed E-state index contributed by atoms with van der Waals surface area (Å²) in [5.41, 5.74) is 0. The smallest absolute Gasteiger partial charge is 0.246 e. The monoisotopic (exact) mass is 241 g/mol. The summed E-state index contributed by atoms with van der Waals surface area (Å²) in [4.78, 5) is 22.8. The van der Waals surface area contributed by atoms with Crippen LogP contribution in [0.5, 0.6) is 0 Å². The van der Waals surface area contributed by atoms with E-state index in [1.54, 1.807) is 0 Å². The second-order valence-corrected chi connectivity index (χ2v) is 4.38. The van der Waals surface area contributed by atoms with Crippen molar-refractivity contribution in [3.8, 4) is 0 Å². The van der Waals surface area contributed by atoms with Crippen LogP contribution >= 0.6 is 0 Å². The van der Waals surface area contributed by atoms with Gasteiger partial charge in [-0.25, -0.2) is 0 Å². The quantitative estimate of drug-likeness (QED) is 0.494. The lowest BCUT2D eigenvalue weighted by molar-refractivity contribution is -0.130. The Morgan fingerprint density at radius 3 is 2.53 bits per heavy atom. The second-order valence-electron chi connectivity index (χ2n) is 4.38. The first-order chi connectivity index (χ1) is 7.99. The van der Waals surface area contributed by atoms with Gasteiger partial charge in [0.05, 0.1) is 6.04 Å². The first kappa shape index (κ1) is 15.8. The first-order valence-corrected chi connectivity index (χ1v) is 5.97. The largest absolute Gasteiger partial charge is 0.372 e. The number of Topliss-reactive ketones (excluding diaryl/α,β-unsaturated/α-hetero) is 1. The van der Waals surface area contributed by atoms with Crippen molar-refractivity contribution >= 4 is 11.7 Å². The zero-order chi connectivity index (χ0) is 13.3. The highest BCUT2D eigenvalue weighted by molar-refractivity contribution is 5.88. The number of carbonyl (C=O) groups excluding carboxylic acids is 2. The van der Waals surface area contributed by atoms with Crippen molar-refractivity contribution in [3.05, 3.63) is 12.7 Å². The third-order valence-electron chi connectivity index (χ3n) is 2.35. The minimum absolute atomic E-state index is 0.00758. The summed E-state index contributed by atoms with van der Waals surface area (Å²) < 4.78 is 5.19. The Labute approximate surface area is 103 Å². The van der Waals surface area contributed by atoms with Gasteiger partial charge in [0.1, 0.15) is 6.61 Å². The number of hydrogen-bond donors (Lipinski definition) is 1. The van der Waals surface area contributed by atoms with E-state index in [9.17, 15) is 9.59 Å². The topological polar surface area (TPSA) is 55.4 Å². The second kappa shape index (κ2) is 8.93. The van der Waals surface area contributed by atoms with Crippen LogP contribution in [0.3, 0.4) is 0 Å². The maximum Gasteiger partial charge on any atom is 0.246 e. The molecule has 0 aromatic heterocycles. The van der Waals surface area contributed by atoms with Gasteiger partial charge in [-0.3, -0.25) is 9.59 Å². The summed E-state index contributed by atoms with van der Waals surface area (Å²) in [5, 5.41) is 2.67. The average Bonchev–Trinajstić information content (AvgIpc) is 2.24. The number of allylic oxidation sites excluding steroid dienone is 1. The Morgan fingerprint density at radius 2 is 2.06 bits per heavy atom. The normalized spacial score (nSPS) is 12.2. The molecular weight excluding hydrogens is 218 g/mol. The molecule has 0 aromatic rings. The SMILES string of the molecule is C=CCCCOCC(=O)NC(C(C)=O)C(C)C. The Bertz CT molecular complexity index is 261. The number of carbonyl (C=O) groups is 2. The molecule has 98 valence electrons. The number of nitrogens with one attached hydrogen (secondary N) is 1. The van der Waals surface area contributed by atoms with E-state index >= 15 is 0 Å². The van der Waals surface area contributed by atoms with Crippen LogP contribution in [0.15, 0.2) is 12.7 Å². The number of hydrogen-bond acceptors (Lipinski definition) is 3. The lowest BCUT2D eigenvalue weighted by Crippen LogP contribution is -2.44. The summed E-state index contributed by atoms with van der Waals surface area (Å²) in [6.45, 7) is 9.42. The van der Waals surface area contributed by atoms with Gasteiger partial charge in [-0.2, -0.15) is 0 Å². The molecule has 1 atom stereocenters. The third-order valence-corrected chi connectivity index (χ3v) is 2.35. The first-order valence-electron chi connectivity index (χ1n) is 5.97. The molecule has 0 heterocycles. The van der Waals surface area contributed by atoms with E-state index in [-0.39, 0.29) is 24.2 Å². The molecule has 1 N–H and O–H groups in total. The van der Waals surface area contributed by atoms with Crippen LogP contribution in [0, 0.1) is 5.92 Å². The van der Waals surface area contributed by atoms with Gasteiger partial charge >= 0.3 is 0 Å². The van der Waals surface area contributed by atoms with Crippen LogP contribution in [0.1, 0.15) is 33.6 Å². The Balaban J connectivity index is 3.83. The van der Waals surface area contributed by atoms with Gasteiger partial charge in [0.2, 0.25) is 5.91 Å². The molecule has 4 nitrogen and oxygen atoms in total. The van der Waals surface area contributed by atoms with E-state index in [0.717, 1.165) is 12.8 Å². The fourth-order valence-corrected chi connectivity index (χ4v) is 1.45. The molecule has 0 aliphatic carbocycles. The molecule has 17 heavy (non-hydrogen) atoms. The minimum atomic E-state index is -0.417. The number of amides is 1. The molecule has 0 rings (SSSR count). The number of rotatable bonds is 9. The zero-order valence-corrected chi connectivity index (χ0v) is 11.0. The lowest BCUT2D eigenvalue weighted by atomic mass is 10.0. The van der Waals surface area contributed by atoms with Crippen molar-refractivity contribution in [1.29, 1.82) is 0 Å². The van der Waals surface area contributed by atoms with Crippen molar-refractivity contribution < 1.29 is 14.3 Å². The van der Waals surface area contributed by atoms with Crippen LogP contribution in [0.2, 0.25) is 0 Å². The van der Waals surface area contributed by atoms with E-state index in [2.05, 4.69) is 11.9 Å². The molecule has 0 aromatic carbocycles. The molecule has 0 aliphatic heterocycles. The van der Waals surface area contributed by atoms with Crippen LogP contribution < -0.4 is 5.32 Å². The van der Waals surface area contributed by atoms with Crippen molar-refractivity contribution in [2.24, 2.45) is 5.92 Å². The van der Waals surface area contributed by atoms with E-state index in [0.29, 0.717) is 6.61 Å². The molecular formula is C13H23NO3. The van der Waals surface area contributed by atoms with Crippen LogP contribution in [0.4, 0.5) is 0 Å². The van der Waals surface area contributed by atoms with Crippen LogP contribution in [-0.2, 0) is 14.3 Å². The summed E-state index contributed by atoms with van der Waals surface area (Å²) in [7, 11) is 0. The van der Waals surface area contributed by atoms with E-state index < -0.39 is 6.04 Å². The number of ether oxygens (including phenoxy) is 1. The highest BCUT2D eigenvalue weighted by Gasteiger charge is 2.20. The van der Waals surface area contributed by atoms with Crippen LogP contribution in [0.25, 0.3) is 0 Å². The van der Waals surface area contributed by atoms with Gasteiger partial charge in [0.25, 0.3) is 0 Å². The molecule has 1 amide bonds. The highest BCUT2D eigenvalue weighted by Crippen LogP contribution is 2.02. The Hall–Kier alpha value is -1.16. The van der Waals surface area contributed by atoms with Gasteiger partial charge in [-0.05, 0) is 25.7 Å². The van der Waals surface area contributed by atoms with Crippen molar-refractivity contribution in [1.82, 2.24) is 5.32 Å². The summed E-state index contributed by atoms with van der Waals surface area (Å²) in [5.74, 6) is -0.172. The molecule has 0 radical (unpaired) electrons. The standard InChI is InChI=1S/C13H23NO3/c1-5-6-7-8-17-9-12(16)14-13(10(2)3)11(4)15/h5,10,13H,1,6-9H2,2-4H3,(H,14,16). The molecule has 0 aliphatic rings. The van der Waals surface area contributed by atoms with Gasteiger partial charge < -0.3 is 10.1 Å². The minimum Gasteiger partial charge on any atom is -0.372 e. The molecule has 0 saturated heterocycles. The molecule has 0 fully saturated rings. The van der Waals surface area contributed by atoms with E-state index in [4.69, 9.17) is 4.74 Å². The number of unbranched alkanes of at least 4 members (excludes halogenated alkanes) is 1. The maximum absolute atomic E-state index is 11.5. The molecule has 4 heteroatoms. The summed E-state index contributed by atoms with van der Waals surface area (Å²) in [6.07, 6.45) is 3.55. The maximum atomic E-state index is 11.5. The molecule has 1 unspecified atom stereocenters. The van der Waals surface area contributed by atoms with Gasteiger partial charge in [-0.15, -0.1) is 6.58 Å². The predicted octanol–water partition coefficient (Wildman–Crippen LogP) is 1.70. The van der Waals surface area contributed by atoms with E-state index in [1.807, 2.05) is 19.9 Å². The fraction of sp³-hybridized carbons (Fsp3) is 0.692. The number of ketones is 1. The van der Waals surface area contributed by atoms with E-state index in [1.165, 1.54) is 6.92 Å². The van der Waals surface area contributed by atoms with Crippen molar-refractivity contribution in [2.75, 3.05) is 13.2 Å². The van der Waals surface area contributed by atoms with Crippen molar-refractivity contribution in [3.63, 3.8) is 0 Å². The zero-order valence-electron chi connectivity index (χ0n) is 11.0. The predicted molar refractivity (Wildman–Crippen MR) is 67.7 cm³/mol. The van der Waals surface area contributed by atoms with Crippen molar-refractivity contribution in [2.45, 2.75) is 39.7 Å². The lowest BCUT2D eigenvalue weighted by Gasteiger charge is -2.19. The summed E-state index contributed by atoms with van der Waals surface area (Å²) >= 11 is 0. The fourth-order valence-electron chi connectivity index (χ4n) is 1.45. The van der Waals surface area contributed by atoms with Gasteiger partial charge in [-0.1, -0.05) is 19.9 Å². The summed E-state index contributed by atoms with van der Waals surface area (Å²) in [6, 6.07) is -0.417. The Kier molecular flexibility index (Phi) is 8.32. The van der Waals surface area contributed by atoms with Gasteiger partial charge in [0.15, 0.2) is 5.78 Å². The molecule has 0 saturated carbocycles. The molecule has 0 spiro atoms. The highest BCUT2D eigenvalue weighted by atomic mass is 16.5. The van der Waals surface area contributed by atoms with Crippen LogP contribution in [-0.4, -0.2) is 30.9 Å².